The first-order chi connectivity index (χ1) is 9.64. The van der Waals surface area contributed by atoms with Crippen LogP contribution >= 0.6 is 0 Å². The molecule has 0 bridgehead atoms. The third-order valence-corrected chi connectivity index (χ3v) is 4.81. The maximum Gasteiger partial charge on any atom is 0.255 e. The van der Waals surface area contributed by atoms with Crippen molar-refractivity contribution in [1.82, 2.24) is 10.6 Å². The largest absolute Gasteiger partial charge is 0.507 e. The number of carbonyl (C=O) groups excluding carboxylic acids is 1. The Kier molecular flexibility index (Phi) is 3.42. The standard InChI is InChI=1S/C16H22N2O2/c1-2-11-3-4-13(19)12(9-11)15(20)18-14-10-16(14)5-7-17-8-6-16/h3-4,9,14,17,19H,2,5-8,10H2,1H3,(H,18,20). The molecule has 4 heteroatoms. The Bertz CT molecular complexity index is 521. The fraction of sp³-hybridized carbons (Fsp3) is 0.562. The van der Waals surface area contributed by atoms with Gasteiger partial charge in [0.25, 0.3) is 5.91 Å². The Morgan fingerprint density at radius 2 is 2.20 bits per heavy atom. The van der Waals surface area contributed by atoms with Crippen molar-refractivity contribution in [1.29, 1.82) is 0 Å². The smallest absolute Gasteiger partial charge is 0.255 e. The van der Waals surface area contributed by atoms with Gasteiger partial charge in [-0.15, -0.1) is 0 Å². The summed E-state index contributed by atoms with van der Waals surface area (Å²) in [6.07, 6.45) is 4.21. The van der Waals surface area contributed by atoms with Crippen LogP contribution in [0.5, 0.6) is 5.75 Å². The number of aryl methyl sites for hydroxylation is 1. The number of carbonyl (C=O) groups is 1. The van der Waals surface area contributed by atoms with Gasteiger partial charge in [-0.05, 0) is 61.9 Å². The molecular weight excluding hydrogens is 252 g/mol. The number of aromatic hydroxyl groups is 1. The molecule has 0 radical (unpaired) electrons. The Labute approximate surface area is 119 Å². The van der Waals surface area contributed by atoms with Gasteiger partial charge in [0.1, 0.15) is 5.75 Å². The fourth-order valence-corrected chi connectivity index (χ4v) is 3.25. The second-order valence-electron chi connectivity index (χ2n) is 6.05. The highest BCUT2D eigenvalue weighted by atomic mass is 16.3. The monoisotopic (exact) mass is 274 g/mol. The van der Waals surface area contributed by atoms with E-state index in [1.54, 1.807) is 12.1 Å². The molecule has 3 rings (SSSR count). The molecule has 1 saturated carbocycles. The minimum absolute atomic E-state index is 0.0692. The van der Waals surface area contributed by atoms with E-state index in [-0.39, 0.29) is 17.7 Å². The number of nitrogens with one attached hydrogen (secondary N) is 2. The number of piperidine rings is 1. The molecule has 2 aliphatic rings. The van der Waals surface area contributed by atoms with Gasteiger partial charge in [0, 0.05) is 6.04 Å². The summed E-state index contributed by atoms with van der Waals surface area (Å²) in [6.45, 7) is 4.13. The molecule has 1 heterocycles. The van der Waals surface area contributed by atoms with E-state index >= 15 is 0 Å². The summed E-state index contributed by atoms with van der Waals surface area (Å²) in [5.41, 5.74) is 1.79. The maximum absolute atomic E-state index is 12.3. The van der Waals surface area contributed by atoms with Gasteiger partial charge in [0.2, 0.25) is 0 Å². The van der Waals surface area contributed by atoms with Crippen molar-refractivity contribution in [3.8, 4) is 5.75 Å². The number of benzene rings is 1. The lowest BCUT2D eigenvalue weighted by atomic mass is 9.94. The Morgan fingerprint density at radius 1 is 1.45 bits per heavy atom. The Balaban J connectivity index is 1.68. The minimum Gasteiger partial charge on any atom is -0.507 e. The molecule has 1 aliphatic heterocycles. The molecule has 108 valence electrons. The van der Waals surface area contributed by atoms with Gasteiger partial charge in [-0.3, -0.25) is 4.79 Å². The van der Waals surface area contributed by atoms with E-state index in [0.717, 1.165) is 44.3 Å². The molecule has 2 fully saturated rings. The lowest BCUT2D eigenvalue weighted by Gasteiger charge is -2.23. The fourth-order valence-electron chi connectivity index (χ4n) is 3.25. The lowest BCUT2D eigenvalue weighted by Crippen LogP contribution is -2.36. The number of hydrogen-bond acceptors (Lipinski definition) is 3. The number of phenolic OH excluding ortho intramolecular Hbond substituents is 1. The number of phenols is 1. The van der Waals surface area contributed by atoms with Crippen LogP contribution < -0.4 is 10.6 Å². The third kappa shape index (κ3) is 2.40. The lowest BCUT2D eigenvalue weighted by molar-refractivity contribution is 0.0940. The van der Waals surface area contributed by atoms with Crippen molar-refractivity contribution in [3.05, 3.63) is 29.3 Å². The predicted molar refractivity (Wildman–Crippen MR) is 77.9 cm³/mol. The SMILES string of the molecule is CCc1ccc(O)c(C(=O)NC2CC23CCNCC3)c1. The van der Waals surface area contributed by atoms with Crippen molar-refractivity contribution in [2.45, 2.75) is 38.6 Å². The average molecular weight is 274 g/mol. The van der Waals surface area contributed by atoms with Crippen LogP contribution in [0.4, 0.5) is 0 Å². The van der Waals surface area contributed by atoms with Crippen LogP contribution in [-0.2, 0) is 6.42 Å². The van der Waals surface area contributed by atoms with Crippen LogP contribution in [0.3, 0.4) is 0 Å². The molecule has 20 heavy (non-hydrogen) atoms. The van der Waals surface area contributed by atoms with Crippen LogP contribution in [0.15, 0.2) is 18.2 Å². The molecule has 1 aliphatic carbocycles. The summed E-state index contributed by atoms with van der Waals surface area (Å²) >= 11 is 0. The van der Waals surface area contributed by atoms with Gasteiger partial charge in [-0.1, -0.05) is 13.0 Å². The van der Waals surface area contributed by atoms with Crippen molar-refractivity contribution >= 4 is 5.91 Å². The molecule has 0 aromatic heterocycles. The van der Waals surface area contributed by atoms with Crippen molar-refractivity contribution in [2.24, 2.45) is 5.41 Å². The zero-order valence-corrected chi connectivity index (χ0v) is 11.9. The highest BCUT2D eigenvalue weighted by Gasteiger charge is 2.54. The molecule has 1 aromatic carbocycles. The number of rotatable bonds is 3. The van der Waals surface area contributed by atoms with Gasteiger partial charge in [0.15, 0.2) is 0 Å². The second-order valence-corrected chi connectivity index (χ2v) is 6.05. The summed E-state index contributed by atoms with van der Waals surface area (Å²) in [5, 5.41) is 16.3. The minimum atomic E-state index is -0.141. The van der Waals surface area contributed by atoms with E-state index < -0.39 is 0 Å². The van der Waals surface area contributed by atoms with Gasteiger partial charge in [-0.25, -0.2) is 0 Å². The average Bonchev–Trinajstić information content (AvgIpc) is 3.11. The van der Waals surface area contributed by atoms with E-state index in [4.69, 9.17) is 0 Å². The summed E-state index contributed by atoms with van der Waals surface area (Å²) in [6, 6.07) is 5.54. The Morgan fingerprint density at radius 3 is 2.90 bits per heavy atom. The molecule has 1 atom stereocenters. The zero-order valence-electron chi connectivity index (χ0n) is 11.9. The highest BCUT2D eigenvalue weighted by Crippen LogP contribution is 2.52. The van der Waals surface area contributed by atoms with E-state index in [9.17, 15) is 9.90 Å². The number of hydrogen-bond donors (Lipinski definition) is 3. The first kappa shape index (κ1) is 13.4. The topological polar surface area (TPSA) is 61.4 Å². The van der Waals surface area contributed by atoms with Crippen molar-refractivity contribution < 1.29 is 9.90 Å². The van der Waals surface area contributed by atoms with Crippen LogP contribution in [0.1, 0.15) is 42.1 Å². The van der Waals surface area contributed by atoms with Gasteiger partial charge < -0.3 is 15.7 Å². The van der Waals surface area contributed by atoms with Crippen LogP contribution in [0.2, 0.25) is 0 Å². The molecule has 1 amide bonds. The van der Waals surface area contributed by atoms with E-state index in [1.807, 2.05) is 13.0 Å². The maximum atomic E-state index is 12.3. The van der Waals surface area contributed by atoms with Crippen LogP contribution in [0, 0.1) is 5.41 Å². The normalized spacial score (nSPS) is 23.6. The number of amides is 1. The van der Waals surface area contributed by atoms with Crippen molar-refractivity contribution in [2.75, 3.05) is 13.1 Å². The Hall–Kier alpha value is -1.55. The van der Waals surface area contributed by atoms with Crippen molar-refractivity contribution in [3.63, 3.8) is 0 Å². The van der Waals surface area contributed by atoms with E-state index in [0.29, 0.717) is 11.0 Å². The highest BCUT2D eigenvalue weighted by molar-refractivity contribution is 5.97. The molecule has 4 nitrogen and oxygen atoms in total. The quantitative estimate of drug-likeness (QED) is 0.788. The molecule has 1 aromatic rings. The van der Waals surface area contributed by atoms with E-state index in [2.05, 4.69) is 10.6 Å². The molecule has 1 saturated heterocycles. The molecular formula is C16H22N2O2. The van der Waals surface area contributed by atoms with Gasteiger partial charge in [-0.2, -0.15) is 0 Å². The third-order valence-electron chi connectivity index (χ3n) is 4.81. The summed E-state index contributed by atoms with van der Waals surface area (Å²) < 4.78 is 0. The molecule has 3 N–H and O–H groups in total. The van der Waals surface area contributed by atoms with Gasteiger partial charge in [0.05, 0.1) is 5.56 Å². The van der Waals surface area contributed by atoms with Crippen LogP contribution in [-0.4, -0.2) is 30.1 Å². The summed E-state index contributed by atoms with van der Waals surface area (Å²) in [7, 11) is 0. The predicted octanol–water partition coefficient (Wildman–Crippen LogP) is 1.83. The zero-order chi connectivity index (χ0) is 14.2. The van der Waals surface area contributed by atoms with E-state index in [1.165, 1.54) is 0 Å². The van der Waals surface area contributed by atoms with Crippen LogP contribution in [0.25, 0.3) is 0 Å². The first-order valence-electron chi connectivity index (χ1n) is 7.48. The molecule has 1 spiro atoms. The van der Waals surface area contributed by atoms with Gasteiger partial charge >= 0.3 is 0 Å². The second kappa shape index (κ2) is 5.09. The molecule has 1 unspecified atom stereocenters. The first-order valence-corrected chi connectivity index (χ1v) is 7.48. The summed E-state index contributed by atoms with van der Waals surface area (Å²) in [5.74, 6) is -0.0714. The summed E-state index contributed by atoms with van der Waals surface area (Å²) in [4.78, 5) is 12.3.